The molecule has 2 N–H and O–H groups in total. The lowest BCUT2D eigenvalue weighted by atomic mass is 10.1. The number of nitrogens with zero attached hydrogens (tertiary/aromatic N) is 2. The van der Waals surface area contributed by atoms with Crippen LogP contribution in [0.4, 0.5) is 0 Å². The van der Waals surface area contributed by atoms with E-state index in [2.05, 4.69) is 20.8 Å². The molecule has 180 valence electrons. The van der Waals surface area contributed by atoms with E-state index in [9.17, 15) is 18.0 Å². The number of hydrogen-bond acceptors (Lipinski definition) is 6. The van der Waals surface area contributed by atoms with Crippen LogP contribution in [-0.2, 0) is 14.8 Å². The maximum atomic E-state index is 13.6. The SMILES string of the molecule is C#CCN(C[C@@H]1CCCN1C)S(=O)(=O)c1ccc2[nH]c(=O)c3[nH]cc(C(=O)OCCC)c3c2c1. The predicted molar refractivity (Wildman–Crippen MR) is 130 cm³/mol. The number of likely N-dealkylation sites (N-methyl/N-ethyl adjacent to an activating group) is 1. The molecule has 0 aliphatic carbocycles. The summed E-state index contributed by atoms with van der Waals surface area (Å²) < 4.78 is 33.8. The Bertz CT molecular complexity index is 1430. The zero-order chi connectivity index (χ0) is 24.5. The number of aromatic nitrogens is 2. The van der Waals surface area contributed by atoms with Crippen LogP contribution in [0, 0.1) is 12.3 Å². The molecule has 4 rings (SSSR count). The molecule has 9 nitrogen and oxygen atoms in total. The summed E-state index contributed by atoms with van der Waals surface area (Å²) in [7, 11) is -1.95. The van der Waals surface area contributed by atoms with Crippen molar-refractivity contribution in [1.29, 1.82) is 0 Å². The molecular formula is C24H28N4O5S. The summed E-state index contributed by atoms with van der Waals surface area (Å²) in [5.74, 6) is 1.88. The highest BCUT2D eigenvalue weighted by Gasteiger charge is 2.31. The Balaban J connectivity index is 1.82. The van der Waals surface area contributed by atoms with Gasteiger partial charge in [0.1, 0.15) is 5.52 Å². The van der Waals surface area contributed by atoms with Gasteiger partial charge in [-0.3, -0.25) is 4.79 Å². The Morgan fingerprint density at radius 3 is 2.85 bits per heavy atom. The molecule has 0 spiro atoms. The molecule has 2 aromatic heterocycles. The van der Waals surface area contributed by atoms with Gasteiger partial charge in [-0.25, -0.2) is 13.2 Å². The van der Waals surface area contributed by atoms with Crippen molar-refractivity contribution in [2.45, 2.75) is 37.1 Å². The number of likely N-dealkylation sites (tertiary alicyclic amines) is 1. The summed E-state index contributed by atoms with van der Waals surface area (Å²) in [5.41, 5.74) is 0.367. The molecule has 34 heavy (non-hydrogen) atoms. The highest BCUT2D eigenvalue weighted by molar-refractivity contribution is 7.89. The lowest BCUT2D eigenvalue weighted by Gasteiger charge is -2.27. The van der Waals surface area contributed by atoms with E-state index in [-0.39, 0.29) is 35.2 Å². The average Bonchev–Trinajstić information content (AvgIpc) is 3.44. The van der Waals surface area contributed by atoms with Crippen LogP contribution in [0.1, 0.15) is 36.5 Å². The first-order valence-corrected chi connectivity index (χ1v) is 12.7. The van der Waals surface area contributed by atoms with Gasteiger partial charge in [0.15, 0.2) is 0 Å². The number of carbonyl (C=O) groups excluding carboxylic acids is 1. The number of terminal acetylenes is 1. The number of hydrogen-bond donors (Lipinski definition) is 2. The third kappa shape index (κ3) is 4.34. The van der Waals surface area contributed by atoms with Gasteiger partial charge < -0.3 is 19.6 Å². The first-order valence-electron chi connectivity index (χ1n) is 11.3. The van der Waals surface area contributed by atoms with Gasteiger partial charge in [0.25, 0.3) is 5.56 Å². The van der Waals surface area contributed by atoms with E-state index in [1.54, 1.807) is 0 Å². The first-order chi connectivity index (χ1) is 16.3. The van der Waals surface area contributed by atoms with E-state index in [0.29, 0.717) is 29.3 Å². The number of esters is 1. The molecule has 0 amide bonds. The minimum atomic E-state index is -3.93. The molecule has 1 aliphatic heterocycles. The zero-order valence-corrected chi connectivity index (χ0v) is 20.1. The van der Waals surface area contributed by atoms with E-state index in [1.165, 1.54) is 28.7 Å². The summed E-state index contributed by atoms with van der Waals surface area (Å²) >= 11 is 0. The number of carbonyl (C=O) groups is 1. The van der Waals surface area contributed by atoms with Crippen molar-refractivity contribution in [3.8, 4) is 12.3 Å². The van der Waals surface area contributed by atoms with Gasteiger partial charge in [0.2, 0.25) is 10.0 Å². The highest BCUT2D eigenvalue weighted by Crippen LogP contribution is 2.29. The van der Waals surface area contributed by atoms with E-state index >= 15 is 0 Å². The van der Waals surface area contributed by atoms with Crippen LogP contribution < -0.4 is 5.56 Å². The Morgan fingerprint density at radius 2 is 2.18 bits per heavy atom. The van der Waals surface area contributed by atoms with Gasteiger partial charge in [-0.05, 0) is 51.1 Å². The normalized spacial score (nSPS) is 16.9. The molecule has 0 saturated carbocycles. The van der Waals surface area contributed by atoms with Crippen LogP contribution >= 0.6 is 0 Å². The fraction of sp³-hybridized carbons (Fsp3) is 0.417. The van der Waals surface area contributed by atoms with Crippen molar-refractivity contribution in [2.75, 3.05) is 33.3 Å². The van der Waals surface area contributed by atoms with Crippen molar-refractivity contribution in [3.63, 3.8) is 0 Å². The molecule has 1 fully saturated rings. The molecule has 0 bridgehead atoms. The molecule has 1 saturated heterocycles. The summed E-state index contributed by atoms with van der Waals surface area (Å²) in [4.78, 5) is 32.9. The quantitative estimate of drug-likeness (QED) is 0.374. The maximum absolute atomic E-state index is 13.6. The molecule has 3 aromatic rings. The fourth-order valence-electron chi connectivity index (χ4n) is 4.44. The van der Waals surface area contributed by atoms with Crippen LogP contribution in [0.5, 0.6) is 0 Å². The lowest BCUT2D eigenvalue weighted by Crippen LogP contribution is -2.41. The Labute approximate surface area is 198 Å². The Hall–Kier alpha value is -3.13. The molecule has 3 heterocycles. The second-order valence-electron chi connectivity index (χ2n) is 8.53. The summed E-state index contributed by atoms with van der Waals surface area (Å²) in [5, 5.41) is 0.759. The molecule has 10 heteroatoms. The number of rotatable bonds is 8. The maximum Gasteiger partial charge on any atom is 0.340 e. The predicted octanol–water partition coefficient (Wildman–Crippen LogP) is 2.29. The van der Waals surface area contributed by atoms with Crippen molar-refractivity contribution < 1.29 is 17.9 Å². The summed E-state index contributed by atoms with van der Waals surface area (Å²) in [6.45, 7) is 3.28. The number of H-pyrrole nitrogens is 2. The van der Waals surface area contributed by atoms with Crippen LogP contribution in [0.2, 0.25) is 0 Å². The molecule has 1 aromatic carbocycles. The second-order valence-corrected chi connectivity index (χ2v) is 10.5. The smallest absolute Gasteiger partial charge is 0.340 e. The minimum Gasteiger partial charge on any atom is -0.462 e. The number of nitrogens with one attached hydrogen (secondary N) is 2. The molecular weight excluding hydrogens is 456 g/mol. The van der Waals surface area contributed by atoms with Crippen molar-refractivity contribution in [1.82, 2.24) is 19.2 Å². The minimum absolute atomic E-state index is 0.0401. The molecule has 1 atom stereocenters. The molecule has 0 radical (unpaired) electrons. The van der Waals surface area contributed by atoms with E-state index in [1.807, 2.05) is 14.0 Å². The van der Waals surface area contributed by atoms with Gasteiger partial charge in [0, 0.05) is 35.1 Å². The number of pyridine rings is 1. The number of aromatic amines is 2. The third-order valence-corrected chi connectivity index (χ3v) is 8.07. The van der Waals surface area contributed by atoms with Gasteiger partial charge in [-0.1, -0.05) is 12.8 Å². The van der Waals surface area contributed by atoms with E-state index < -0.39 is 21.6 Å². The van der Waals surface area contributed by atoms with Gasteiger partial charge >= 0.3 is 5.97 Å². The number of sulfonamides is 1. The monoisotopic (exact) mass is 484 g/mol. The highest BCUT2D eigenvalue weighted by atomic mass is 32.2. The molecule has 1 aliphatic rings. The summed E-state index contributed by atoms with van der Waals surface area (Å²) in [6.07, 6.45) is 9.49. The van der Waals surface area contributed by atoms with E-state index in [4.69, 9.17) is 11.2 Å². The largest absolute Gasteiger partial charge is 0.462 e. The number of fused-ring (bicyclic) bond motifs is 3. The van der Waals surface area contributed by atoms with Gasteiger partial charge in [-0.2, -0.15) is 4.31 Å². The summed E-state index contributed by atoms with van der Waals surface area (Å²) in [6, 6.07) is 4.56. The second kappa shape index (κ2) is 9.62. The zero-order valence-electron chi connectivity index (χ0n) is 19.3. The number of ether oxygens (including phenoxy) is 1. The Morgan fingerprint density at radius 1 is 1.38 bits per heavy atom. The third-order valence-electron chi connectivity index (χ3n) is 6.26. The van der Waals surface area contributed by atoms with Crippen molar-refractivity contribution >= 4 is 37.8 Å². The molecule has 0 unspecified atom stereocenters. The Kier molecular flexibility index (Phi) is 6.79. The van der Waals surface area contributed by atoms with Crippen LogP contribution in [0.15, 0.2) is 34.1 Å². The fourth-order valence-corrected chi connectivity index (χ4v) is 5.86. The van der Waals surface area contributed by atoms with Crippen LogP contribution in [0.3, 0.4) is 0 Å². The first kappa shape index (κ1) is 24.0. The average molecular weight is 485 g/mol. The topological polar surface area (TPSA) is 116 Å². The van der Waals surface area contributed by atoms with E-state index in [0.717, 1.165) is 19.4 Å². The number of benzene rings is 1. The van der Waals surface area contributed by atoms with Gasteiger partial charge in [0.05, 0.1) is 23.6 Å². The standard InChI is InChI=1S/C24H28N4O5S/c1-4-10-28(15-16-7-6-11-27(16)3)34(31,32)17-8-9-20-18(13-17)21-19(24(30)33-12-5-2)14-25-22(21)23(29)26-20/h1,8-9,13-14,16,25H,5-7,10-12,15H2,2-3H3,(H,26,29)/t16-/m0/s1. The lowest BCUT2D eigenvalue weighted by molar-refractivity contribution is 0.0507. The van der Waals surface area contributed by atoms with Crippen LogP contribution in [0.25, 0.3) is 21.8 Å². The van der Waals surface area contributed by atoms with Gasteiger partial charge in [-0.15, -0.1) is 6.42 Å². The van der Waals surface area contributed by atoms with Crippen molar-refractivity contribution in [3.05, 3.63) is 40.3 Å². The van der Waals surface area contributed by atoms with Crippen LogP contribution in [-0.4, -0.2) is 72.9 Å². The van der Waals surface area contributed by atoms with Crippen molar-refractivity contribution in [2.24, 2.45) is 0 Å².